The van der Waals surface area contributed by atoms with Crippen molar-refractivity contribution >= 4 is 23.2 Å². The molecule has 1 N–H and O–H groups in total. The van der Waals surface area contributed by atoms with Crippen LogP contribution in [0.2, 0.25) is 0 Å². The van der Waals surface area contributed by atoms with E-state index in [0.717, 1.165) is 29.1 Å². The monoisotopic (exact) mass is 398 g/mol. The molecule has 1 aliphatic heterocycles. The number of hydrogen-bond acceptors (Lipinski definition) is 5. The fourth-order valence-electron chi connectivity index (χ4n) is 3.47. The molecule has 146 valence electrons. The topological polar surface area (TPSA) is 80.4 Å². The first-order valence-electron chi connectivity index (χ1n) is 9.24. The highest BCUT2D eigenvalue weighted by Gasteiger charge is 2.26. The highest BCUT2D eigenvalue weighted by molar-refractivity contribution is 7.09. The molecule has 0 aromatic carbocycles. The Kier molecular flexibility index (Phi) is 5.04. The van der Waals surface area contributed by atoms with Gasteiger partial charge in [-0.1, -0.05) is 0 Å². The van der Waals surface area contributed by atoms with Gasteiger partial charge in [-0.15, -0.1) is 11.3 Å². The lowest BCUT2D eigenvalue weighted by Crippen LogP contribution is -2.46. The van der Waals surface area contributed by atoms with Gasteiger partial charge >= 0.3 is 0 Å². The van der Waals surface area contributed by atoms with Crippen molar-refractivity contribution in [1.29, 1.82) is 0 Å². The molecule has 2 amide bonds. The molecule has 3 aromatic heterocycles. The summed E-state index contributed by atoms with van der Waals surface area (Å²) in [4.78, 5) is 31.3. The fourth-order valence-corrected chi connectivity index (χ4v) is 4.09. The number of amides is 2. The van der Waals surface area contributed by atoms with Gasteiger partial charge in [0.2, 0.25) is 0 Å². The van der Waals surface area contributed by atoms with E-state index in [0.29, 0.717) is 24.5 Å². The lowest BCUT2D eigenvalue weighted by atomic mass is 10.0. The summed E-state index contributed by atoms with van der Waals surface area (Å²) >= 11 is 1.59. The number of hydrogen-bond donors (Lipinski definition) is 1. The van der Waals surface area contributed by atoms with E-state index in [1.807, 2.05) is 36.2 Å². The van der Waals surface area contributed by atoms with Crippen molar-refractivity contribution in [2.75, 3.05) is 13.1 Å². The van der Waals surface area contributed by atoms with Crippen LogP contribution in [0.15, 0.2) is 40.5 Å². The Hall–Kier alpha value is -2.87. The fraction of sp³-hybridized carbons (Fsp3) is 0.350. The second-order valence-electron chi connectivity index (χ2n) is 6.99. The number of nitrogens with zero attached hydrogens (tertiary/aromatic N) is 3. The third kappa shape index (κ3) is 3.73. The molecular weight excluding hydrogens is 376 g/mol. The van der Waals surface area contributed by atoms with Crippen molar-refractivity contribution in [3.05, 3.63) is 52.5 Å². The zero-order valence-corrected chi connectivity index (χ0v) is 16.7. The number of likely N-dealkylation sites (tertiary alicyclic amines) is 1. The summed E-state index contributed by atoms with van der Waals surface area (Å²) in [5, 5.41) is 6.10. The van der Waals surface area contributed by atoms with Crippen LogP contribution in [0.25, 0.3) is 11.3 Å². The van der Waals surface area contributed by atoms with Gasteiger partial charge in [0, 0.05) is 43.3 Å². The summed E-state index contributed by atoms with van der Waals surface area (Å²) in [5.74, 6) is 0.160. The van der Waals surface area contributed by atoms with Crippen molar-refractivity contribution in [2.24, 2.45) is 7.05 Å². The second kappa shape index (κ2) is 7.63. The number of rotatable bonds is 4. The first-order valence-corrected chi connectivity index (χ1v) is 10.1. The van der Waals surface area contributed by atoms with E-state index < -0.39 is 0 Å². The summed E-state index contributed by atoms with van der Waals surface area (Å²) in [6, 6.07) is 5.31. The maximum absolute atomic E-state index is 12.7. The minimum absolute atomic E-state index is 0.0491. The first-order chi connectivity index (χ1) is 13.5. The molecule has 0 bridgehead atoms. The maximum atomic E-state index is 12.7. The Balaban J connectivity index is 1.36. The Morgan fingerprint density at radius 1 is 1.32 bits per heavy atom. The van der Waals surface area contributed by atoms with E-state index in [2.05, 4.69) is 10.3 Å². The molecule has 8 heteroatoms. The lowest BCUT2D eigenvalue weighted by molar-refractivity contribution is 0.0667. The average molecular weight is 398 g/mol. The predicted octanol–water partition coefficient (Wildman–Crippen LogP) is 3.08. The molecule has 28 heavy (non-hydrogen) atoms. The summed E-state index contributed by atoms with van der Waals surface area (Å²) in [7, 11) is 1.86. The van der Waals surface area contributed by atoms with Crippen molar-refractivity contribution < 1.29 is 14.0 Å². The molecular formula is C20H22N4O3S. The number of nitrogens with one attached hydrogen (secondary N) is 1. The van der Waals surface area contributed by atoms with Gasteiger partial charge in [-0.25, -0.2) is 4.98 Å². The van der Waals surface area contributed by atoms with Crippen LogP contribution in [0.4, 0.5) is 0 Å². The highest BCUT2D eigenvalue weighted by atomic mass is 32.1. The van der Waals surface area contributed by atoms with Crippen LogP contribution in [0.5, 0.6) is 0 Å². The van der Waals surface area contributed by atoms with Gasteiger partial charge < -0.3 is 19.2 Å². The van der Waals surface area contributed by atoms with Crippen LogP contribution >= 0.6 is 11.3 Å². The van der Waals surface area contributed by atoms with Crippen LogP contribution in [0.1, 0.15) is 38.9 Å². The molecule has 0 spiro atoms. The molecule has 1 saturated heterocycles. The van der Waals surface area contributed by atoms with Crippen molar-refractivity contribution in [3.63, 3.8) is 0 Å². The second-order valence-corrected chi connectivity index (χ2v) is 8.06. The van der Waals surface area contributed by atoms with E-state index in [9.17, 15) is 9.59 Å². The molecule has 0 unspecified atom stereocenters. The van der Waals surface area contributed by atoms with Crippen LogP contribution in [-0.4, -0.2) is 45.4 Å². The van der Waals surface area contributed by atoms with Gasteiger partial charge in [0.25, 0.3) is 11.8 Å². The van der Waals surface area contributed by atoms with Gasteiger partial charge in [0.15, 0.2) is 5.76 Å². The first kappa shape index (κ1) is 18.5. The number of aromatic nitrogens is 2. The standard InChI is InChI=1S/C20H22N4O3S/c1-13-21-16(12-28-13)14-10-17(23(2)11-14)19(25)22-15-5-7-24(8-6-15)20(26)18-4-3-9-27-18/h3-4,9-12,15H,5-8H2,1-2H3,(H,22,25). The van der Waals surface area contributed by atoms with Crippen LogP contribution < -0.4 is 5.32 Å². The Bertz CT molecular complexity index is 981. The van der Waals surface area contributed by atoms with Crippen molar-refractivity contribution in [1.82, 2.24) is 19.8 Å². The summed E-state index contributed by atoms with van der Waals surface area (Å²) in [5.41, 5.74) is 2.44. The summed E-state index contributed by atoms with van der Waals surface area (Å²) in [6.45, 7) is 3.16. The number of carbonyl (C=O) groups excluding carboxylic acids is 2. The zero-order valence-electron chi connectivity index (χ0n) is 15.8. The lowest BCUT2D eigenvalue weighted by Gasteiger charge is -2.31. The molecule has 4 heterocycles. The molecule has 0 radical (unpaired) electrons. The quantitative estimate of drug-likeness (QED) is 0.732. The van der Waals surface area contributed by atoms with Crippen LogP contribution in [0, 0.1) is 6.92 Å². The number of carbonyl (C=O) groups is 2. The van der Waals surface area contributed by atoms with E-state index in [1.165, 1.54) is 6.26 Å². The molecule has 0 saturated carbocycles. The zero-order chi connectivity index (χ0) is 19.7. The Morgan fingerprint density at radius 2 is 2.11 bits per heavy atom. The molecule has 0 atom stereocenters. The van der Waals surface area contributed by atoms with Gasteiger partial charge in [-0.2, -0.15) is 0 Å². The third-order valence-corrected chi connectivity index (χ3v) is 5.78. The minimum Gasteiger partial charge on any atom is -0.459 e. The number of piperidine rings is 1. The Morgan fingerprint density at radius 3 is 2.75 bits per heavy atom. The van der Waals surface area contributed by atoms with Crippen molar-refractivity contribution in [3.8, 4) is 11.3 Å². The van der Waals surface area contributed by atoms with E-state index in [4.69, 9.17) is 4.42 Å². The van der Waals surface area contributed by atoms with Gasteiger partial charge in [0.05, 0.1) is 17.0 Å². The predicted molar refractivity (Wildman–Crippen MR) is 106 cm³/mol. The normalized spacial score (nSPS) is 15.0. The molecule has 3 aromatic rings. The van der Waals surface area contributed by atoms with Gasteiger partial charge in [0.1, 0.15) is 5.69 Å². The highest BCUT2D eigenvalue weighted by Crippen LogP contribution is 2.24. The molecule has 4 rings (SSSR count). The van der Waals surface area contributed by atoms with E-state index in [1.54, 1.807) is 28.4 Å². The van der Waals surface area contributed by atoms with Crippen LogP contribution in [-0.2, 0) is 7.05 Å². The van der Waals surface area contributed by atoms with E-state index in [-0.39, 0.29) is 17.9 Å². The van der Waals surface area contributed by atoms with Crippen molar-refractivity contribution in [2.45, 2.75) is 25.8 Å². The number of aryl methyl sites for hydroxylation is 2. The third-order valence-electron chi connectivity index (χ3n) is 5.00. The number of furan rings is 1. The average Bonchev–Trinajstić information content (AvgIpc) is 3.42. The smallest absolute Gasteiger partial charge is 0.289 e. The van der Waals surface area contributed by atoms with E-state index >= 15 is 0 Å². The van der Waals surface area contributed by atoms with Gasteiger partial charge in [-0.3, -0.25) is 9.59 Å². The largest absolute Gasteiger partial charge is 0.459 e. The number of thiazole rings is 1. The van der Waals surface area contributed by atoms with Gasteiger partial charge in [-0.05, 0) is 38.0 Å². The summed E-state index contributed by atoms with van der Waals surface area (Å²) in [6.07, 6.45) is 4.87. The molecule has 0 aliphatic carbocycles. The SMILES string of the molecule is Cc1nc(-c2cc(C(=O)NC3CCN(C(=O)c4ccco4)CC3)n(C)c2)cs1. The Labute approximate surface area is 167 Å². The molecule has 1 fully saturated rings. The molecule has 7 nitrogen and oxygen atoms in total. The summed E-state index contributed by atoms with van der Waals surface area (Å²) < 4.78 is 7.01. The molecule has 1 aliphatic rings. The van der Waals surface area contributed by atoms with Crippen LogP contribution in [0.3, 0.4) is 0 Å². The minimum atomic E-state index is -0.100. The maximum Gasteiger partial charge on any atom is 0.289 e.